The van der Waals surface area contributed by atoms with Gasteiger partial charge in [-0.2, -0.15) is 13.2 Å². The number of amides is 1. The van der Waals surface area contributed by atoms with Crippen LogP contribution in [-0.4, -0.2) is 32.7 Å². The van der Waals surface area contributed by atoms with Crippen LogP contribution in [-0.2, 0) is 11.0 Å². The van der Waals surface area contributed by atoms with E-state index in [9.17, 15) is 18.0 Å². The number of hydrogen-bond acceptors (Lipinski definition) is 3. The maximum Gasteiger partial charge on any atom is 0.416 e. The molecule has 1 aromatic rings. The van der Waals surface area contributed by atoms with Crippen LogP contribution in [0.5, 0.6) is 5.75 Å². The number of rotatable bonds is 7. The predicted molar refractivity (Wildman–Crippen MR) is 68.5 cm³/mol. The molecule has 0 heterocycles. The molecule has 0 radical (unpaired) electrons. The number of nitrogens with one attached hydrogen (secondary N) is 2. The molecule has 0 aliphatic heterocycles. The minimum absolute atomic E-state index is 0.0187. The van der Waals surface area contributed by atoms with Crippen LogP contribution in [0.15, 0.2) is 24.3 Å². The molecule has 0 unspecified atom stereocenters. The van der Waals surface area contributed by atoms with E-state index in [0.717, 1.165) is 25.1 Å². The van der Waals surface area contributed by atoms with E-state index < -0.39 is 11.7 Å². The van der Waals surface area contributed by atoms with Gasteiger partial charge in [0, 0.05) is 6.54 Å². The summed E-state index contributed by atoms with van der Waals surface area (Å²) in [5.74, 6) is -0.344. The predicted octanol–water partition coefficient (Wildman–Crippen LogP) is 1.81. The minimum atomic E-state index is -4.42. The van der Waals surface area contributed by atoms with Crippen LogP contribution in [0, 0.1) is 0 Å². The van der Waals surface area contributed by atoms with Gasteiger partial charge in [0.05, 0.1) is 5.56 Å². The van der Waals surface area contributed by atoms with Crippen LogP contribution in [0.1, 0.15) is 12.0 Å². The zero-order valence-corrected chi connectivity index (χ0v) is 11.1. The van der Waals surface area contributed by atoms with E-state index >= 15 is 0 Å². The molecule has 2 N–H and O–H groups in total. The second-order valence-corrected chi connectivity index (χ2v) is 4.12. The standard InChI is InChI=1S/C13H17F3N2O2/c1-17-6-3-7-18-12(19)9-20-11-5-2-4-10(8-11)13(14,15)16/h2,4-5,8,17H,3,6-7,9H2,1H3,(H,18,19). The van der Waals surface area contributed by atoms with E-state index in [2.05, 4.69) is 10.6 Å². The summed E-state index contributed by atoms with van der Waals surface area (Å²) in [6.07, 6.45) is -3.65. The van der Waals surface area contributed by atoms with Crippen molar-refractivity contribution in [3.05, 3.63) is 29.8 Å². The Morgan fingerprint density at radius 3 is 2.70 bits per heavy atom. The number of ether oxygens (including phenoxy) is 1. The topological polar surface area (TPSA) is 50.4 Å². The lowest BCUT2D eigenvalue weighted by atomic mass is 10.2. The van der Waals surface area contributed by atoms with Crippen molar-refractivity contribution in [2.75, 3.05) is 26.7 Å². The molecule has 0 atom stereocenters. The van der Waals surface area contributed by atoms with E-state index in [1.54, 1.807) is 7.05 Å². The zero-order valence-electron chi connectivity index (χ0n) is 11.1. The highest BCUT2D eigenvalue weighted by molar-refractivity contribution is 5.77. The Hall–Kier alpha value is -1.76. The molecule has 7 heteroatoms. The van der Waals surface area contributed by atoms with E-state index in [4.69, 9.17) is 4.74 Å². The molecule has 0 aromatic heterocycles. The molecule has 1 rings (SSSR count). The Bertz CT molecular complexity index is 436. The monoisotopic (exact) mass is 290 g/mol. The Kier molecular flexibility index (Phi) is 6.30. The first kappa shape index (κ1) is 16.3. The summed E-state index contributed by atoms with van der Waals surface area (Å²) in [5.41, 5.74) is -0.801. The highest BCUT2D eigenvalue weighted by Gasteiger charge is 2.30. The summed E-state index contributed by atoms with van der Waals surface area (Å²) in [6, 6.07) is 4.44. The quantitative estimate of drug-likeness (QED) is 0.753. The summed E-state index contributed by atoms with van der Waals surface area (Å²) in [4.78, 5) is 11.4. The number of carbonyl (C=O) groups is 1. The number of alkyl halides is 3. The fourth-order valence-electron chi connectivity index (χ4n) is 1.46. The summed E-state index contributed by atoms with van der Waals surface area (Å²) in [6.45, 7) is 0.960. The molecule has 0 aliphatic rings. The SMILES string of the molecule is CNCCCNC(=O)COc1cccc(C(F)(F)F)c1. The molecular weight excluding hydrogens is 273 g/mol. The summed E-state index contributed by atoms with van der Waals surface area (Å²) < 4.78 is 42.4. The number of benzene rings is 1. The number of halogens is 3. The van der Waals surface area contributed by atoms with Crippen LogP contribution in [0.25, 0.3) is 0 Å². The van der Waals surface area contributed by atoms with Gasteiger partial charge >= 0.3 is 6.18 Å². The smallest absolute Gasteiger partial charge is 0.416 e. The lowest BCUT2D eigenvalue weighted by molar-refractivity contribution is -0.137. The minimum Gasteiger partial charge on any atom is -0.484 e. The van der Waals surface area contributed by atoms with E-state index in [1.165, 1.54) is 12.1 Å². The first-order valence-electron chi connectivity index (χ1n) is 6.15. The van der Waals surface area contributed by atoms with E-state index in [0.29, 0.717) is 6.54 Å². The molecular formula is C13H17F3N2O2. The lowest BCUT2D eigenvalue weighted by Gasteiger charge is -2.10. The maximum absolute atomic E-state index is 12.5. The van der Waals surface area contributed by atoms with Gasteiger partial charge < -0.3 is 15.4 Å². The van der Waals surface area contributed by atoms with Crippen molar-refractivity contribution in [2.45, 2.75) is 12.6 Å². The van der Waals surface area contributed by atoms with Crippen LogP contribution in [0.2, 0.25) is 0 Å². The Morgan fingerprint density at radius 1 is 1.30 bits per heavy atom. The molecule has 4 nitrogen and oxygen atoms in total. The molecule has 0 fully saturated rings. The Balaban J connectivity index is 2.40. The first-order valence-corrected chi connectivity index (χ1v) is 6.15. The fraction of sp³-hybridized carbons (Fsp3) is 0.462. The van der Waals surface area contributed by atoms with Gasteiger partial charge in [-0.25, -0.2) is 0 Å². The Morgan fingerprint density at radius 2 is 2.05 bits per heavy atom. The highest BCUT2D eigenvalue weighted by Crippen LogP contribution is 2.31. The van der Waals surface area contributed by atoms with Gasteiger partial charge in [-0.3, -0.25) is 4.79 Å². The zero-order chi connectivity index (χ0) is 15.0. The van der Waals surface area contributed by atoms with Crippen molar-refractivity contribution in [3.8, 4) is 5.75 Å². The molecule has 0 spiro atoms. The van der Waals surface area contributed by atoms with Gasteiger partial charge in [-0.15, -0.1) is 0 Å². The van der Waals surface area contributed by atoms with Crippen LogP contribution in [0.4, 0.5) is 13.2 Å². The van der Waals surface area contributed by atoms with Crippen LogP contribution < -0.4 is 15.4 Å². The molecule has 1 aromatic carbocycles. The van der Waals surface area contributed by atoms with Crippen molar-refractivity contribution < 1.29 is 22.7 Å². The van der Waals surface area contributed by atoms with Gasteiger partial charge in [0.1, 0.15) is 5.75 Å². The third-order valence-corrected chi connectivity index (χ3v) is 2.46. The Labute approximate surface area is 115 Å². The maximum atomic E-state index is 12.5. The van der Waals surface area contributed by atoms with Crippen LogP contribution in [0.3, 0.4) is 0 Å². The fourth-order valence-corrected chi connectivity index (χ4v) is 1.46. The summed E-state index contributed by atoms with van der Waals surface area (Å²) in [5, 5.41) is 5.54. The van der Waals surface area contributed by atoms with Crippen molar-refractivity contribution in [1.82, 2.24) is 10.6 Å². The largest absolute Gasteiger partial charge is 0.484 e. The van der Waals surface area contributed by atoms with Crippen LogP contribution >= 0.6 is 0 Å². The molecule has 112 valence electrons. The van der Waals surface area contributed by atoms with Crippen molar-refractivity contribution in [1.29, 1.82) is 0 Å². The first-order chi connectivity index (χ1) is 9.43. The molecule has 20 heavy (non-hydrogen) atoms. The summed E-state index contributed by atoms with van der Waals surface area (Å²) >= 11 is 0. The van der Waals surface area contributed by atoms with Gasteiger partial charge in [0.25, 0.3) is 5.91 Å². The third-order valence-electron chi connectivity index (χ3n) is 2.46. The van der Waals surface area contributed by atoms with Crippen molar-refractivity contribution >= 4 is 5.91 Å². The molecule has 1 amide bonds. The van der Waals surface area contributed by atoms with Gasteiger partial charge in [0.15, 0.2) is 6.61 Å². The molecule has 0 aliphatic carbocycles. The van der Waals surface area contributed by atoms with Crippen molar-refractivity contribution in [2.24, 2.45) is 0 Å². The average Bonchev–Trinajstić information content (AvgIpc) is 2.41. The van der Waals surface area contributed by atoms with Gasteiger partial charge in [0.2, 0.25) is 0 Å². The summed E-state index contributed by atoms with van der Waals surface area (Å²) in [7, 11) is 1.80. The van der Waals surface area contributed by atoms with E-state index in [1.807, 2.05) is 0 Å². The van der Waals surface area contributed by atoms with Gasteiger partial charge in [-0.05, 0) is 38.2 Å². The molecule has 0 saturated carbocycles. The lowest BCUT2D eigenvalue weighted by Crippen LogP contribution is -2.31. The normalized spacial score (nSPS) is 11.2. The third kappa shape index (κ3) is 5.92. The average molecular weight is 290 g/mol. The van der Waals surface area contributed by atoms with Crippen molar-refractivity contribution in [3.63, 3.8) is 0 Å². The van der Waals surface area contributed by atoms with E-state index in [-0.39, 0.29) is 18.3 Å². The second kappa shape index (κ2) is 7.74. The highest BCUT2D eigenvalue weighted by atomic mass is 19.4. The molecule has 0 saturated heterocycles. The molecule has 0 bridgehead atoms. The van der Waals surface area contributed by atoms with Gasteiger partial charge in [-0.1, -0.05) is 6.07 Å². The number of carbonyl (C=O) groups excluding carboxylic acids is 1. The number of hydrogen-bond donors (Lipinski definition) is 2. The second-order valence-electron chi connectivity index (χ2n) is 4.12.